The van der Waals surface area contributed by atoms with E-state index in [0.29, 0.717) is 32.0 Å². The van der Waals surface area contributed by atoms with Crippen molar-refractivity contribution < 1.29 is 14.0 Å². The van der Waals surface area contributed by atoms with Crippen molar-refractivity contribution in [1.29, 1.82) is 0 Å². The minimum Gasteiger partial charge on any atom is -0.372 e. The maximum absolute atomic E-state index is 14.3. The molecule has 0 spiro atoms. The van der Waals surface area contributed by atoms with Gasteiger partial charge in [-0.2, -0.15) is 5.10 Å². The van der Waals surface area contributed by atoms with Gasteiger partial charge in [-0.05, 0) is 63.1 Å². The second-order valence-electron chi connectivity index (χ2n) is 9.57. The minimum atomic E-state index is -0.910. The van der Waals surface area contributed by atoms with Crippen LogP contribution in [0.25, 0.3) is 10.2 Å². The lowest BCUT2D eigenvalue weighted by atomic mass is 9.93. The summed E-state index contributed by atoms with van der Waals surface area (Å²) >= 11 is 1.22. The van der Waals surface area contributed by atoms with E-state index < -0.39 is 5.54 Å². The normalized spacial score (nSPS) is 13.8. The first-order valence-electron chi connectivity index (χ1n) is 11.9. The Kier molecular flexibility index (Phi) is 6.26. The third-order valence-corrected chi connectivity index (χ3v) is 7.68. The Morgan fingerprint density at radius 1 is 1.11 bits per heavy atom. The second kappa shape index (κ2) is 9.39. The summed E-state index contributed by atoms with van der Waals surface area (Å²) in [6.45, 7) is 5.61. The highest BCUT2D eigenvalue weighted by atomic mass is 32.1. The highest BCUT2D eigenvalue weighted by Crippen LogP contribution is 2.33. The average molecular weight is 506 g/mol. The van der Waals surface area contributed by atoms with Crippen LogP contribution in [0.2, 0.25) is 0 Å². The lowest BCUT2D eigenvalue weighted by Gasteiger charge is -2.27. The van der Waals surface area contributed by atoms with E-state index in [9.17, 15) is 14.0 Å². The number of anilines is 2. The Morgan fingerprint density at radius 3 is 2.50 bits per heavy atom. The molecule has 1 saturated heterocycles. The summed E-state index contributed by atoms with van der Waals surface area (Å²) in [7, 11) is 1.68. The molecule has 0 bridgehead atoms. The number of hydrogen-bond acceptors (Lipinski definition) is 5. The molecule has 2 amide bonds. The van der Waals surface area contributed by atoms with Crippen LogP contribution in [0.3, 0.4) is 0 Å². The number of hydrogen-bond donors (Lipinski definition) is 2. The summed E-state index contributed by atoms with van der Waals surface area (Å²) in [6.07, 6.45) is 2.39. The summed E-state index contributed by atoms with van der Waals surface area (Å²) < 4.78 is 14.3. The van der Waals surface area contributed by atoms with E-state index in [1.807, 2.05) is 24.3 Å². The molecular formula is C27H28FN5O2S. The molecule has 7 nitrogen and oxygen atoms in total. The van der Waals surface area contributed by atoms with Crippen LogP contribution in [0.5, 0.6) is 0 Å². The quantitative estimate of drug-likeness (QED) is 0.372. The van der Waals surface area contributed by atoms with E-state index in [0.717, 1.165) is 18.8 Å². The Balaban J connectivity index is 1.34. The molecule has 2 aromatic carbocycles. The predicted molar refractivity (Wildman–Crippen MR) is 141 cm³/mol. The van der Waals surface area contributed by atoms with E-state index >= 15 is 0 Å². The molecule has 9 heteroatoms. The van der Waals surface area contributed by atoms with Gasteiger partial charge < -0.3 is 10.2 Å². The molecule has 1 aliphatic heterocycles. The van der Waals surface area contributed by atoms with E-state index in [1.54, 1.807) is 45.2 Å². The van der Waals surface area contributed by atoms with E-state index in [-0.39, 0.29) is 17.6 Å². The molecule has 0 atom stereocenters. The third kappa shape index (κ3) is 4.46. The van der Waals surface area contributed by atoms with Gasteiger partial charge in [-0.25, -0.2) is 4.39 Å². The van der Waals surface area contributed by atoms with E-state index in [1.165, 1.54) is 35.1 Å². The van der Waals surface area contributed by atoms with Crippen LogP contribution in [0, 0.1) is 5.82 Å². The van der Waals surface area contributed by atoms with Gasteiger partial charge in [0.15, 0.2) is 0 Å². The summed E-state index contributed by atoms with van der Waals surface area (Å²) in [5.74, 6) is -0.364. The van der Waals surface area contributed by atoms with Gasteiger partial charge in [-0.3, -0.25) is 19.6 Å². The fourth-order valence-electron chi connectivity index (χ4n) is 4.63. The molecule has 0 aliphatic carbocycles. The molecule has 3 heterocycles. The molecule has 2 N–H and O–H groups in total. The number of rotatable bonds is 6. The van der Waals surface area contributed by atoms with Gasteiger partial charge in [0, 0.05) is 37.0 Å². The van der Waals surface area contributed by atoms with Gasteiger partial charge in [0.05, 0.1) is 15.8 Å². The molecule has 5 rings (SSSR count). The zero-order valence-electron chi connectivity index (χ0n) is 20.5. The number of halogens is 1. The average Bonchev–Trinajstić information content (AvgIpc) is 3.61. The number of carbonyl (C=O) groups is 2. The van der Waals surface area contributed by atoms with Crippen LogP contribution in [0.4, 0.5) is 15.9 Å². The van der Waals surface area contributed by atoms with E-state index in [4.69, 9.17) is 0 Å². The first-order chi connectivity index (χ1) is 17.2. The standard InChI is InChI=1S/C27H28FN5O2S/c1-27(2,20-8-4-5-9-21(20)28)29-24(34)22-16-19-23(30-31-25(19)36-22)32(3)26(35)17-10-12-18(13-11-17)33-14-6-7-15-33/h4-5,8-13,16H,6-7,14-15H2,1-3H3,(H,29,34)(H,30,31). The van der Waals surface area contributed by atoms with Crippen LogP contribution in [-0.4, -0.2) is 42.1 Å². The van der Waals surface area contributed by atoms with Crippen LogP contribution in [0.1, 0.15) is 52.3 Å². The van der Waals surface area contributed by atoms with Crippen LogP contribution >= 0.6 is 11.3 Å². The Morgan fingerprint density at radius 2 is 1.81 bits per heavy atom. The maximum atomic E-state index is 14.3. The van der Waals surface area contributed by atoms with Gasteiger partial charge in [0.25, 0.3) is 11.8 Å². The maximum Gasteiger partial charge on any atom is 0.262 e. The first kappa shape index (κ1) is 24.0. The number of aromatic amines is 1. The predicted octanol–water partition coefficient (Wildman–Crippen LogP) is 5.31. The third-order valence-electron chi connectivity index (χ3n) is 6.65. The lowest BCUT2D eigenvalue weighted by molar-refractivity contribution is 0.0914. The molecule has 0 unspecified atom stereocenters. The topological polar surface area (TPSA) is 81.3 Å². The van der Waals surface area contributed by atoms with E-state index in [2.05, 4.69) is 20.4 Å². The highest BCUT2D eigenvalue weighted by molar-refractivity contribution is 7.20. The van der Waals surface area contributed by atoms with Crippen LogP contribution in [0.15, 0.2) is 54.6 Å². The van der Waals surface area contributed by atoms with Crippen LogP contribution in [-0.2, 0) is 5.54 Å². The molecule has 4 aromatic rings. The molecule has 36 heavy (non-hydrogen) atoms. The smallest absolute Gasteiger partial charge is 0.262 e. The second-order valence-corrected chi connectivity index (χ2v) is 10.6. The summed E-state index contributed by atoms with van der Waals surface area (Å²) in [5, 5.41) is 10.8. The Bertz CT molecular complexity index is 1420. The molecule has 1 aliphatic rings. The van der Waals surface area contributed by atoms with Crippen molar-refractivity contribution in [1.82, 2.24) is 15.5 Å². The monoisotopic (exact) mass is 505 g/mol. The first-order valence-corrected chi connectivity index (χ1v) is 12.7. The number of fused-ring (bicyclic) bond motifs is 1. The fourth-order valence-corrected chi connectivity index (χ4v) is 5.52. The lowest BCUT2D eigenvalue weighted by Crippen LogP contribution is -2.41. The Labute approximate surface area is 212 Å². The number of H-pyrrole nitrogens is 1. The van der Waals surface area contributed by atoms with Gasteiger partial charge >= 0.3 is 0 Å². The number of nitrogens with one attached hydrogen (secondary N) is 2. The number of nitrogens with zero attached hydrogens (tertiary/aromatic N) is 3. The molecular weight excluding hydrogens is 477 g/mol. The zero-order chi connectivity index (χ0) is 25.4. The molecule has 1 fully saturated rings. The van der Waals surface area contributed by atoms with Gasteiger partial charge in [-0.15, -0.1) is 11.3 Å². The summed E-state index contributed by atoms with van der Waals surface area (Å²) in [5.41, 5.74) is 1.19. The van der Waals surface area contributed by atoms with Crippen molar-refractivity contribution in [3.05, 3.63) is 76.4 Å². The van der Waals surface area contributed by atoms with Crippen LogP contribution < -0.4 is 15.1 Å². The van der Waals surface area contributed by atoms with Gasteiger partial charge in [0.2, 0.25) is 0 Å². The SMILES string of the molecule is CN(C(=O)c1ccc(N2CCCC2)cc1)c1[nH]nc2sc(C(=O)NC(C)(C)c3ccccc3F)cc12. The van der Waals surface area contributed by atoms with Crippen molar-refractivity contribution >= 4 is 44.9 Å². The molecule has 0 radical (unpaired) electrons. The molecule has 2 aromatic heterocycles. The largest absolute Gasteiger partial charge is 0.372 e. The van der Waals surface area contributed by atoms with Crippen molar-refractivity contribution in [2.45, 2.75) is 32.2 Å². The number of carbonyl (C=O) groups excluding carboxylic acids is 2. The number of amides is 2. The molecule has 186 valence electrons. The molecule has 0 saturated carbocycles. The van der Waals surface area contributed by atoms with Gasteiger partial charge in [-0.1, -0.05) is 18.2 Å². The Hall–Kier alpha value is -3.72. The number of thiophene rings is 1. The zero-order valence-corrected chi connectivity index (χ0v) is 21.3. The minimum absolute atomic E-state index is 0.175. The van der Waals surface area contributed by atoms with Crippen molar-refractivity contribution in [2.24, 2.45) is 0 Å². The van der Waals surface area contributed by atoms with Crippen molar-refractivity contribution in [3.8, 4) is 0 Å². The summed E-state index contributed by atoms with van der Waals surface area (Å²) in [4.78, 5) is 31.1. The van der Waals surface area contributed by atoms with Crippen molar-refractivity contribution in [3.63, 3.8) is 0 Å². The highest BCUT2D eigenvalue weighted by Gasteiger charge is 2.28. The van der Waals surface area contributed by atoms with Gasteiger partial charge in [0.1, 0.15) is 16.5 Å². The number of benzene rings is 2. The summed E-state index contributed by atoms with van der Waals surface area (Å²) in [6, 6.07) is 15.8. The fraction of sp³-hybridized carbons (Fsp3) is 0.296. The van der Waals surface area contributed by atoms with Crippen molar-refractivity contribution in [2.75, 3.05) is 29.9 Å². The number of aromatic nitrogens is 2.